The van der Waals surface area contributed by atoms with Crippen LogP contribution in [-0.2, 0) is 0 Å². The Kier molecular flexibility index (Phi) is 5.13. The summed E-state index contributed by atoms with van der Waals surface area (Å²) in [4.78, 5) is 12.5. The lowest BCUT2D eigenvalue weighted by molar-refractivity contribution is 0.0920. The van der Waals surface area contributed by atoms with Gasteiger partial charge in [0.15, 0.2) is 0 Å². The molecule has 0 radical (unpaired) electrons. The van der Waals surface area contributed by atoms with Crippen LogP contribution < -0.4 is 5.32 Å². The molecule has 3 nitrogen and oxygen atoms in total. The van der Waals surface area contributed by atoms with Gasteiger partial charge in [-0.2, -0.15) is 11.3 Å². The number of aliphatic hydroxyl groups is 1. The fraction of sp³-hybridized carbons (Fsp3) is 0.118. The predicted molar refractivity (Wildman–Crippen MR) is 96.4 cm³/mol. The Morgan fingerprint density at radius 2 is 1.91 bits per heavy atom. The third kappa shape index (κ3) is 4.00. The molecule has 23 heavy (non-hydrogen) atoms. The normalized spacial score (nSPS) is 12.1. The summed E-state index contributed by atoms with van der Waals surface area (Å²) >= 11 is 8.68. The second kappa shape index (κ2) is 7.27. The summed E-state index contributed by atoms with van der Waals surface area (Å²) in [5.41, 5.74) is 3.05. The average molecular weight is 364 g/mol. The summed E-state index contributed by atoms with van der Waals surface area (Å²) in [6.07, 6.45) is -0.745. The number of halogens is 1. The highest BCUT2D eigenvalue weighted by atomic mass is 35.5. The lowest BCUT2D eigenvalue weighted by Crippen LogP contribution is -2.27. The monoisotopic (exact) mass is 363 g/mol. The molecule has 0 fully saturated rings. The quantitative estimate of drug-likeness (QED) is 0.696. The number of hydrogen-bond donors (Lipinski definition) is 2. The van der Waals surface area contributed by atoms with Crippen molar-refractivity contribution in [3.05, 3.63) is 68.0 Å². The van der Waals surface area contributed by atoms with Crippen molar-refractivity contribution < 1.29 is 9.90 Å². The van der Waals surface area contributed by atoms with E-state index < -0.39 is 6.10 Å². The van der Waals surface area contributed by atoms with Gasteiger partial charge in [-0.25, -0.2) is 0 Å². The lowest BCUT2D eigenvalue weighted by Gasteiger charge is -2.12. The van der Waals surface area contributed by atoms with Crippen LogP contribution in [0.2, 0.25) is 4.34 Å². The predicted octanol–water partition coefficient (Wildman–Crippen LogP) is 4.59. The van der Waals surface area contributed by atoms with Gasteiger partial charge in [0.2, 0.25) is 0 Å². The summed E-state index contributed by atoms with van der Waals surface area (Å²) < 4.78 is 0.569. The molecule has 6 heteroatoms. The maximum Gasteiger partial charge on any atom is 0.261 e. The van der Waals surface area contributed by atoms with Crippen LogP contribution in [0.4, 0.5) is 0 Å². The molecular weight excluding hydrogens is 350 g/mol. The number of thiophene rings is 2. The smallest absolute Gasteiger partial charge is 0.261 e. The maximum absolute atomic E-state index is 11.9. The Morgan fingerprint density at radius 3 is 2.52 bits per heavy atom. The molecule has 118 valence electrons. The van der Waals surface area contributed by atoms with Crippen molar-refractivity contribution in [1.82, 2.24) is 5.32 Å². The summed E-state index contributed by atoms with van der Waals surface area (Å²) in [6, 6.07) is 13.1. The molecule has 1 atom stereocenters. The standard InChI is InChI=1S/C17H14ClNO2S2/c18-16-6-5-15(23-16)17(21)19-9-14(20)12-3-1-11(2-4-12)13-7-8-22-10-13/h1-8,10,14,20H,9H2,(H,19,21)/t14-/m0/s1. The third-order valence-electron chi connectivity index (χ3n) is 3.40. The number of rotatable bonds is 5. The fourth-order valence-electron chi connectivity index (χ4n) is 2.16. The first-order valence-electron chi connectivity index (χ1n) is 6.97. The molecule has 2 aromatic heterocycles. The van der Waals surface area contributed by atoms with E-state index in [0.717, 1.165) is 11.1 Å². The van der Waals surface area contributed by atoms with E-state index in [9.17, 15) is 9.90 Å². The van der Waals surface area contributed by atoms with Gasteiger partial charge in [-0.1, -0.05) is 35.9 Å². The molecule has 0 bridgehead atoms. The first-order valence-corrected chi connectivity index (χ1v) is 9.11. The highest BCUT2D eigenvalue weighted by Gasteiger charge is 2.12. The number of carbonyl (C=O) groups is 1. The molecule has 3 aromatic rings. The lowest BCUT2D eigenvalue weighted by atomic mass is 10.0. The van der Waals surface area contributed by atoms with Crippen LogP contribution in [0, 0.1) is 0 Å². The minimum atomic E-state index is -0.745. The fourth-order valence-corrected chi connectivity index (χ4v) is 3.78. The van der Waals surface area contributed by atoms with Crippen molar-refractivity contribution in [1.29, 1.82) is 0 Å². The van der Waals surface area contributed by atoms with E-state index in [2.05, 4.69) is 16.8 Å². The first-order chi connectivity index (χ1) is 11.1. The van der Waals surface area contributed by atoms with E-state index in [1.54, 1.807) is 23.5 Å². The van der Waals surface area contributed by atoms with Crippen LogP contribution in [-0.4, -0.2) is 17.6 Å². The van der Waals surface area contributed by atoms with Crippen LogP contribution in [0.1, 0.15) is 21.3 Å². The minimum absolute atomic E-state index is 0.159. The van der Waals surface area contributed by atoms with Gasteiger partial charge in [0, 0.05) is 6.54 Å². The number of aliphatic hydroxyl groups excluding tert-OH is 1. The van der Waals surface area contributed by atoms with E-state index >= 15 is 0 Å². The zero-order valence-corrected chi connectivity index (χ0v) is 14.4. The molecule has 0 aliphatic rings. The average Bonchev–Trinajstić information content (AvgIpc) is 3.24. The largest absolute Gasteiger partial charge is 0.387 e. The molecule has 0 aliphatic heterocycles. The van der Waals surface area contributed by atoms with Crippen molar-refractivity contribution in [2.75, 3.05) is 6.54 Å². The molecule has 2 N–H and O–H groups in total. The molecule has 0 spiro atoms. The molecule has 0 saturated carbocycles. The maximum atomic E-state index is 11.9. The van der Waals surface area contributed by atoms with Crippen molar-refractivity contribution >= 4 is 40.2 Å². The topological polar surface area (TPSA) is 49.3 Å². The Balaban J connectivity index is 1.60. The van der Waals surface area contributed by atoms with E-state index in [4.69, 9.17) is 11.6 Å². The van der Waals surface area contributed by atoms with Crippen LogP contribution in [0.3, 0.4) is 0 Å². The van der Waals surface area contributed by atoms with Crippen molar-refractivity contribution in [3.63, 3.8) is 0 Å². The number of carbonyl (C=O) groups excluding carboxylic acids is 1. The van der Waals surface area contributed by atoms with Crippen LogP contribution in [0.15, 0.2) is 53.2 Å². The van der Waals surface area contributed by atoms with Gasteiger partial charge >= 0.3 is 0 Å². The molecule has 0 aliphatic carbocycles. The Morgan fingerprint density at radius 1 is 1.13 bits per heavy atom. The Bertz CT molecular complexity index is 781. The van der Waals surface area contributed by atoms with Gasteiger partial charge in [0.25, 0.3) is 5.91 Å². The zero-order chi connectivity index (χ0) is 16.2. The molecule has 1 aromatic carbocycles. The third-order valence-corrected chi connectivity index (χ3v) is 5.32. The second-order valence-electron chi connectivity index (χ2n) is 4.96. The second-order valence-corrected chi connectivity index (χ2v) is 7.46. The molecule has 0 unspecified atom stereocenters. The number of nitrogens with one attached hydrogen (secondary N) is 1. The highest BCUT2D eigenvalue weighted by Crippen LogP contribution is 2.24. The van der Waals surface area contributed by atoms with Gasteiger partial charge in [0.1, 0.15) is 0 Å². The first kappa shape index (κ1) is 16.2. The SMILES string of the molecule is O=C(NC[C@H](O)c1ccc(-c2ccsc2)cc1)c1ccc(Cl)s1. The summed E-state index contributed by atoms with van der Waals surface area (Å²) in [6.45, 7) is 0.159. The van der Waals surface area contributed by atoms with Crippen molar-refractivity contribution in [2.45, 2.75) is 6.10 Å². The molecule has 1 amide bonds. The van der Waals surface area contributed by atoms with Crippen LogP contribution in [0.25, 0.3) is 11.1 Å². The van der Waals surface area contributed by atoms with Gasteiger partial charge in [-0.3, -0.25) is 4.79 Å². The zero-order valence-electron chi connectivity index (χ0n) is 12.0. The molecule has 3 rings (SSSR count). The molecule has 0 saturated heterocycles. The van der Waals surface area contributed by atoms with Gasteiger partial charge < -0.3 is 10.4 Å². The van der Waals surface area contributed by atoms with Crippen LogP contribution in [0.5, 0.6) is 0 Å². The summed E-state index contributed by atoms with van der Waals surface area (Å²) in [7, 11) is 0. The van der Waals surface area contributed by atoms with E-state index in [1.807, 2.05) is 29.6 Å². The number of benzene rings is 1. The van der Waals surface area contributed by atoms with Crippen molar-refractivity contribution in [2.24, 2.45) is 0 Å². The minimum Gasteiger partial charge on any atom is -0.387 e. The van der Waals surface area contributed by atoms with E-state index in [1.165, 1.54) is 16.9 Å². The van der Waals surface area contributed by atoms with Crippen molar-refractivity contribution in [3.8, 4) is 11.1 Å². The molecule has 2 heterocycles. The molecular formula is C17H14ClNO2S2. The van der Waals surface area contributed by atoms with Gasteiger partial charge in [-0.05, 0) is 45.6 Å². The van der Waals surface area contributed by atoms with Crippen LogP contribution >= 0.6 is 34.3 Å². The van der Waals surface area contributed by atoms with E-state index in [-0.39, 0.29) is 12.5 Å². The summed E-state index contributed by atoms with van der Waals surface area (Å²) in [5.74, 6) is -0.226. The van der Waals surface area contributed by atoms with E-state index in [0.29, 0.717) is 9.21 Å². The summed E-state index contributed by atoms with van der Waals surface area (Å²) in [5, 5.41) is 17.0. The Hall–Kier alpha value is -1.66. The number of hydrogen-bond acceptors (Lipinski definition) is 4. The van der Waals surface area contributed by atoms with Gasteiger partial charge in [0.05, 0.1) is 15.3 Å². The highest BCUT2D eigenvalue weighted by molar-refractivity contribution is 7.18. The van der Waals surface area contributed by atoms with Gasteiger partial charge in [-0.15, -0.1) is 11.3 Å². The number of amides is 1. The Labute approximate surface area is 147 Å².